The molecular formula is C19H25ClN4O2. The maximum atomic E-state index is 12.6. The maximum absolute atomic E-state index is 12.6. The van der Waals surface area contributed by atoms with Gasteiger partial charge in [-0.3, -0.25) is 15.0 Å². The SMILES string of the molecule is O=C(NC1CCCC1)C(=O)N1CCC2NNC(c3ccc(Cl)cc3)C2C1. The van der Waals surface area contributed by atoms with Crippen molar-refractivity contribution >= 4 is 23.4 Å². The first-order valence-electron chi connectivity index (χ1n) is 9.48. The zero-order valence-corrected chi connectivity index (χ0v) is 15.5. The first kappa shape index (κ1) is 17.8. The molecule has 2 aliphatic heterocycles. The molecule has 6 nitrogen and oxygen atoms in total. The summed E-state index contributed by atoms with van der Waals surface area (Å²) in [5, 5.41) is 3.62. The smallest absolute Gasteiger partial charge is 0.311 e. The standard InChI is InChI=1S/C19H25ClN4O2/c20-13-7-5-12(6-8-13)17-15-11-24(10-9-16(15)22-23-17)19(26)18(25)21-14-3-1-2-4-14/h5-8,14-17,22-23H,1-4,9-11H2,(H,21,25). The van der Waals surface area contributed by atoms with Gasteiger partial charge in [-0.1, -0.05) is 36.6 Å². The molecule has 140 valence electrons. The second-order valence-corrected chi connectivity index (χ2v) is 8.02. The molecule has 26 heavy (non-hydrogen) atoms. The van der Waals surface area contributed by atoms with E-state index in [1.165, 1.54) is 0 Å². The van der Waals surface area contributed by atoms with Crippen LogP contribution in [0, 0.1) is 5.92 Å². The number of carbonyl (C=O) groups is 2. The number of fused-ring (bicyclic) bond motifs is 1. The van der Waals surface area contributed by atoms with Gasteiger partial charge in [0.2, 0.25) is 0 Å². The van der Waals surface area contributed by atoms with Crippen LogP contribution in [0.25, 0.3) is 0 Å². The van der Waals surface area contributed by atoms with Crippen LogP contribution in [0.2, 0.25) is 5.02 Å². The fraction of sp³-hybridized carbons (Fsp3) is 0.579. The Balaban J connectivity index is 1.41. The average molecular weight is 377 g/mol. The predicted octanol–water partition coefficient (Wildman–Crippen LogP) is 1.76. The van der Waals surface area contributed by atoms with Crippen LogP contribution < -0.4 is 16.2 Å². The Morgan fingerprint density at radius 3 is 2.54 bits per heavy atom. The number of benzene rings is 1. The quantitative estimate of drug-likeness (QED) is 0.688. The summed E-state index contributed by atoms with van der Waals surface area (Å²) in [7, 11) is 0. The molecule has 3 aliphatic rings. The van der Waals surface area contributed by atoms with Crippen LogP contribution in [0.4, 0.5) is 0 Å². The summed E-state index contributed by atoms with van der Waals surface area (Å²) in [4.78, 5) is 26.7. The van der Waals surface area contributed by atoms with E-state index in [2.05, 4.69) is 16.2 Å². The second kappa shape index (κ2) is 7.55. The van der Waals surface area contributed by atoms with E-state index in [1.807, 2.05) is 24.3 Å². The highest BCUT2D eigenvalue weighted by molar-refractivity contribution is 6.35. The lowest BCUT2D eigenvalue weighted by atomic mass is 9.85. The Hall–Kier alpha value is -1.63. The highest BCUT2D eigenvalue weighted by Gasteiger charge is 2.42. The number of nitrogens with one attached hydrogen (secondary N) is 3. The minimum atomic E-state index is -0.447. The Labute approximate surface area is 158 Å². The summed E-state index contributed by atoms with van der Waals surface area (Å²) in [5.41, 5.74) is 7.84. The van der Waals surface area contributed by atoms with E-state index in [9.17, 15) is 9.59 Å². The molecule has 2 heterocycles. The number of halogens is 1. The summed E-state index contributed by atoms with van der Waals surface area (Å²) in [6.45, 7) is 1.19. The molecule has 2 saturated heterocycles. The monoisotopic (exact) mass is 376 g/mol. The molecule has 4 rings (SSSR count). The lowest BCUT2D eigenvalue weighted by molar-refractivity contribution is -0.147. The minimum absolute atomic E-state index is 0.103. The molecule has 1 saturated carbocycles. The van der Waals surface area contributed by atoms with Gasteiger partial charge in [-0.25, -0.2) is 5.43 Å². The molecule has 1 aromatic carbocycles. The van der Waals surface area contributed by atoms with Gasteiger partial charge >= 0.3 is 11.8 Å². The third-order valence-electron chi connectivity index (χ3n) is 5.91. The number of likely N-dealkylation sites (tertiary alicyclic amines) is 1. The number of amides is 2. The van der Waals surface area contributed by atoms with Gasteiger partial charge in [-0.2, -0.15) is 0 Å². The molecule has 3 atom stereocenters. The number of carbonyl (C=O) groups excluding carboxylic acids is 2. The van der Waals surface area contributed by atoms with Crippen LogP contribution in [-0.2, 0) is 9.59 Å². The second-order valence-electron chi connectivity index (χ2n) is 7.58. The maximum Gasteiger partial charge on any atom is 0.311 e. The van der Waals surface area contributed by atoms with Crippen molar-refractivity contribution in [1.29, 1.82) is 0 Å². The van der Waals surface area contributed by atoms with Gasteiger partial charge in [0.05, 0.1) is 6.04 Å². The number of hydrogen-bond acceptors (Lipinski definition) is 4. The molecule has 7 heteroatoms. The van der Waals surface area contributed by atoms with Crippen molar-refractivity contribution in [1.82, 2.24) is 21.1 Å². The topological polar surface area (TPSA) is 73.5 Å². The van der Waals surface area contributed by atoms with E-state index in [-0.39, 0.29) is 18.0 Å². The van der Waals surface area contributed by atoms with Crippen molar-refractivity contribution < 1.29 is 9.59 Å². The van der Waals surface area contributed by atoms with Crippen molar-refractivity contribution in [3.05, 3.63) is 34.9 Å². The fourth-order valence-electron chi connectivity index (χ4n) is 4.45. The van der Waals surface area contributed by atoms with E-state index >= 15 is 0 Å². The molecule has 0 aromatic heterocycles. The first-order chi connectivity index (χ1) is 12.6. The first-order valence-corrected chi connectivity index (χ1v) is 9.86. The lowest BCUT2D eigenvalue weighted by Gasteiger charge is -2.36. The lowest BCUT2D eigenvalue weighted by Crippen LogP contribution is -2.52. The summed E-state index contributed by atoms with van der Waals surface area (Å²) < 4.78 is 0. The van der Waals surface area contributed by atoms with Gasteiger partial charge in [0.15, 0.2) is 0 Å². The molecule has 3 unspecified atom stereocenters. The highest BCUT2D eigenvalue weighted by atomic mass is 35.5. The van der Waals surface area contributed by atoms with Crippen LogP contribution in [0.5, 0.6) is 0 Å². The molecule has 1 aromatic rings. The summed E-state index contributed by atoms with van der Waals surface area (Å²) in [6.07, 6.45) is 5.07. The Morgan fingerprint density at radius 1 is 1.08 bits per heavy atom. The van der Waals surface area contributed by atoms with Gasteiger partial charge in [-0.15, -0.1) is 0 Å². The number of hydrazine groups is 1. The summed E-state index contributed by atoms with van der Waals surface area (Å²) in [6, 6.07) is 8.36. The molecule has 2 amide bonds. The van der Waals surface area contributed by atoms with Crippen molar-refractivity contribution in [2.75, 3.05) is 13.1 Å². The van der Waals surface area contributed by atoms with Gasteiger partial charge < -0.3 is 10.2 Å². The third-order valence-corrected chi connectivity index (χ3v) is 6.16. The molecule has 0 radical (unpaired) electrons. The Kier molecular flexibility index (Phi) is 5.16. The third kappa shape index (κ3) is 3.59. The van der Waals surface area contributed by atoms with Gasteiger partial charge in [0.25, 0.3) is 0 Å². The average Bonchev–Trinajstić information content (AvgIpc) is 3.31. The number of rotatable bonds is 2. The Bertz CT molecular complexity index is 675. The zero-order valence-electron chi connectivity index (χ0n) is 14.7. The molecule has 3 fully saturated rings. The van der Waals surface area contributed by atoms with Gasteiger partial charge in [-0.05, 0) is 37.0 Å². The van der Waals surface area contributed by atoms with Crippen molar-refractivity contribution in [2.45, 2.75) is 50.2 Å². The van der Waals surface area contributed by atoms with E-state index in [0.717, 1.165) is 37.7 Å². The van der Waals surface area contributed by atoms with Gasteiger partial charge in [0, 0.05) is 36.1 Å². The number of piperidine rings is 1. The van der Waals surface area contributed by atoms with Gasteiger partial charge in [0.1, 0.15) is 0 Å². The number of nitrogens with zero attached hydrogens (tertiary/aromatic N) is 1. The van der Waals surface area contributed by atoms with Crippen LogP contribution in [0.15, 0.2) is 24.3 Å². The number of hydrogen-bond donors (Lipinski definition) is 3. The Morgan fingerprint density at radius 2 is 1.81 bits per heavy atom. The predicted molar refractivity (Wildman–Crippen MR) is 99.3 cm³/mol. The zero-order chi connectivity index (χ0) is 18.1. The van der Waals surface area contributed by atoms with Crippen LogP contribution >= 0.6 is 11.6 Å². The summed E-state index contributed by atoms with van der Waals surface area (Å²) in [5.74, 6) is -0.609. The van der Waals surface area contributed by atoms with E-state index in [0.29, 0.717) is 24.2 Å². The van der Waals surface area contributed by atoms with E-state index < -0.39 is 11.8 Å². The minimum Gasteiger partial charge on any atom is -0.345 e. The molecular weight excluding hydrogens is 352 g/mol. The molecule has 0 bridgehead atoms. The van der Waals surface area contributed by atoms with Crippen LogP contribution in [0.3, 0.4) is 0 Å². The van der Waals surface area contributed by atoms with Crippen molar-refractivity contribution in [3.8, 4) is 0 Å². The van der Waals surface area contributed by atoms with E-state index in [1.54, 1.807) is 4.90 Å². The fourth-order valence-corrected chi connectivity index (χ4v) is 4.57. The van der Waals surface area contributed by atoms with Crippen molar-refractivity contribution in [2.24, 2.45) is 5.92 Å². The molecule has 1 aliphatic carbocycles. The largest absolute Gasteiger partial charge is 0.345 e. The normalized spacial score (nSPS) is 28.8. The van der Waals surface area contributed by atoms with Crippen molar-refractivity contribution in [3.63, 3.8) is 0 Å². The van der Waals surface area contributed by atoms with Crippen LogP contribution in [-0.4, -0.2) is 41.9 Å². The van der Waals surface area contributed by atoms with Crippen LogP contribution in [0.1, 0.15) is 43.7 Å². The molecule has 3 N–H and O–H groups in total. The highest BCUT2D eigenvalue weighted by Crippen LogP contribution is 2.34. The van der Waals surface area contributed by atoms with E-state index in [4.69, 9.17) is 11.6 Å². The molecule has 0 spiro atoms. The summed E-state index contributed by atoms with van der Waals surface area (Å²) >= 11 is 5.99.